The van der Waals surface area contributed by atoms with Gasteiger partial charge in [0, 0.05) is 20.1 Å². The summed E-state index contributed by atoms with van der Waals surface area (Å²) in [7, 11) is 1.73. The van der Waals surface area contributed by atoms with Crippen LogP contribution in [-0.4, -0.2) is 41.6 Å². The molecule has 1 aromatic heterocycles. The highest BCUT2D eigenvalue weighted by Gasteiger charge is 2.17. The van der Waals surface area contributed by atoms with E-state index in [1.165, 1.54) is 12.8 Å². The van der Waals surface area contributed by atoms with Gasteiger partial charge < -0.3 is 14.6 Å². The molecule has 0 unspecified atom stereocenters. The fraction of sp³-hybridized carbons (Fsp3) is 0.833. The molecule has 1 aliphatic heterocycles. The highest BCUT2D eigenvalue weighted by Crippen LogP contribution is 2.17. The lowest BCUT2D eigenvalue weighted by Gasteiger charge is -2.22. The van der Waals surface area contributed by atoms with Gasteiger partial charge in [0.15, 0.2) is 0 Å². The molecule has 17 heavy (non-hydrogen) atoms. The zero-order valence-corrected chi connectivity index (χ0v) is 10.8. The third-order valence-electron chi connectivity index (χ3n) is 3.46. The van der Waals surface area contributed by atoms with Crippen molar-refractivity contribution >= 4 is 0 Å². The summed E-state index contributed by atoms with van der Waals surface area (Å²) >= 11 is 0. The molecule has 0 amide bonds. The molecule has 2 rings (SSSR count). The van der Waals surface area contributed by atoms with Crippen molar-refractivity contribution in [3.8, 4) is 0 Å². The van der Waals surface area contributed by atoms with Gasteiger partial charge >= 0.3 is 0 Å². The summed E-state index contributed by atoms with van der Waals surface area (Å²) in [4.78, 5) is 0. The monoisotopic (exact) mass is 238 g/mol. The average Bonchev–Trinajstić information content (AvgIpc) is 2.69. The Morgan fingerprint density at radius 1 is 1.35 bits per heavy atom. The first-order valence-electron chi connectivity index (χ1n) is 6.39. The molecule has 1 aliphatic rings. The number of piperidine rings is 1. The fourth-order valence-corrected chi connectivity index (χ4v) is 2.39. The second-order valence-corrected chi connectivity index (χ2v) is 4.71. The van der Waals surface area contributed by atoms with Gasteiger partial charge in [-0.2, -0.15) is 0 Å². The van der Waals surface area contributed by atoms with Crippen LogP contribution in [0.5, 0.6) is 0 Å². The van der Waals surface area contributed by atoms with Crippen LogP contribution in [0.25, 0.3) is 0 Å². The smallest absolute Gasteiger partial charge is 0.133 e. The second-order valence-electron chi connectivity index (χ2n) is 4.71. The molecule has 1 fully saturated rings. The first-order chi connectivity index (χ1) is 8.31. The number of rotatable bonds is 5. The van der Waals surface area contributed by atoms with Crippen LogP contribution in [0.2, 0.25) is 0 Å². The Hall–Kier alpha value is -0.940. The standard InChI is InChI=1S/C12H22N4O/c1-10-14-15-12(16(10)7-8-17-2)9-11-3-5-13-6-4-11/h11,13H,3-9H2,1-2H3. The molecule has 0 spiro atoms. The number of nitrogens with one attached hydrogen (secondary N) is 1. The lowest BCUT2D eigenvalue weighted by molar-refractivity contribution is 0.185. The van der Waals surface area contributed by atoms with Crippen LogP contribution < -0.4 is 5.32 Å². The van der Waals surface area contributed by atoms with Crippen LogP contribution >= 0.6 is 0 Å². The summed E-state index contributed by atoms with van der Waals surface area (Å²) in [6.45, 7) is 5.86. The molecule has 0 saturated carbocycles. The molecular formula is C12H22N4O. The summed E-state index contributed by atoms with van der Waals surface area (Å²) < 4.78 is 7.31. The highest BCUT2D eigenvalue weighted by molar-refractivity contribution is 4.96. The zero-order chi connectivity index (χ0) is 12.1. The van der Waals surface area contributed by atoms with Gasteiger partial charge in [0.05, 0.1) is 6.61 Å². The van der Waals surface area contributed by atoms with E-state index in [2.05, 4.69) is 20.1 Å². The van der Waals surface area contributed by atoms with Crippen molar-refractivity contribution in [3.63, 3.8) is 0 Å². The van der Waals surface area contributed by atoms with E-state index in [-0.39, 0.29) is 0 Å². The molecule has 5 nitrogen and oxygen atoms in total. The number of aryl methyl sites for hydroxylation is 1. The van der Waals surface area contributed by atoms with Gasteiger partial charge in [-0.1, -0.05) is 0 Å². The molecule has 5 heteroatoms. The number of nitrogens with zero attached hydrogens (tertiary/aromatic N) is 3. The van der Waals surface area contributed by atoms with Crippen molar-refractivity contribution in [1.29, 1.82) is 0 Å². The van der Waals surface area contributed by atoms with Gasteiger partial charge in [-0.25, -0.2) is 0 Å². The molecule has 1 aromatic rings. The molecule has 1 saturated heterocycles. The summed E-state index contributed by atoms with van der Waals surface area (Å²) in [6, 6.07) is 0. The maximum atomic E-state index is 5.13. The van der Waals surface area contributed by atoms with Crippen molar-refractivity contribution in [2.75, 3.05) is 26.8 Å². The minimum absolute atomic E-state index is 0.720. The normalized spacial score (nSPS) is 17.5. The number of hydrogen-bond acceptors (Lipinski definition) is 4. The fourth-order valence-electron chi connectivity index (χ4n) is 2.39. The molecule has 0 aromatic carbocycles. The van der Waals surface area contributed by atoms with Crippen molar-refractivity contribution in [2.24, 2.45) is 5.92 Å². The van der Waals surface area contributed by atoms with Crippen LogP contribution in [0, 0.1) is 12.8 Å². The van der Waals surface area contributed by atoms with E-state index in [0.29, 0.717) is 0 Å². The largest absolute Gasteiger partial charge is 0.383 e. The molecule has 0 radical (unpaired) electrons. The third-order valence-corrected chi connectivity index (χ3v) is 3.46. The second kappa shape index (κ2) is 6.12. The Bertz CT molecular complexity index is 344. The quantitative estimate of drug-likeness (QED) is 0.823. The van der Waals surface area contributed by atoms with E-state index in [0.717, 1.165) is 50.2 Å². The van der Waals surface area contributed by atoms with Gasteiger partial charge in [-0.05, 0) is 38.8 Å². The number of ether oxygens (including phenoxy) is 1. The lowest BCUT2D eigenvalue weighted by atomic mass is 9.94. The molecule has 2 heterocycles. The van der Waals surface area contributed by atoms with Crippen LogP contribution in [0.3, 0.4) is 0 Å². The Morgan fingerprint density at radius 2 is 2.12 bits per heavy atom. The van der Waals surface area contributed by atoms with E-state index in [1.54, 1.807) is 7.11 Å². The van der Waals surface area contributed by atoms with E-state index in [1.807, 2.05) is 6.92 Å². The molecule has 96 valence electrons. The van der Waals surface area contributed by atoms with E-state index in [9.17, 15) is 0 Å². The maximum absolute atomic E-state index is 5.13. The van der Waals surface area contributed by atoms with E-state index < -0.39 is 0 Å². The van der Waals surface area contributed by atoms with Crippen LogP contribution in [0.4, 0.5) is 0 Å². The highest BCUT2D eigenvalue weighted by atomic mass is 16.5. The Labute approximate surface area is 103 Å². The first kappa shape index (κ1) is 12.5. The van der Waals surface area contributed by atoms with Crippen molar-refractivity contribution in [3.05, 3.63) is 11.6 Å². The van der Waals surface area contributed by atoms with Crippen molar-refractivity contribution in [2.45, 2.75) is 32.7 Å². The Morgan fingerprint density at radius 3 is 2.82 bits per heavy atom. The van der Waals surface area contributed by atoms with Gasteiger partial charge in [0.1, 0.15) is 11.6 Å². The SMILES string of the molecule is COCCn1c(C)nnc1CC1CCNCC1. The summed E-state index contributed by atoms with van der Waals surface area (Å²) in [5.74, 6) is 2.86. The topological polar surface area (TPSA) is 52.0 Å². The lowest BCUT2D eigenvalue weighted by Crippen LogP contribution is -2.29. The Kier molecular flexibility index (Phi) is 4.50. The van der Waals surface area contributed by atoms with Crippen molar-refractivity contribution in [1.82, 2.24) is 20.1 Å². The van der Waals surface area contributed by atoms with Gasteiger partial charge in [-0.15, -0.1) is 10.2 Å². The minimum Gasteiger partial charge on any atom is -0.383 e. The minimum atomic E-state index is 0.720. The first-order valence-corrected chi connectivity index (χ1v) is 6.39. The molecule has 0 bridgehead atoms. The summed E-state index contributed by atoms with van der Waals surface area (Å²) in [5.41, 5.74) is 0. The average molecular weight is 238 g/mol. The van der Waals surface area contributed by atoms with Crippen LogP contribution in [-0.2, 0) is 17.7 Å². The van der Waals surface area contributed by atoms with E-state index in [4.69, 9.17) is 4.74 Å². The van der Waals surface area contributed by atoms with Gasteiger partial charge in [-0.3, -0.25) is 0 Å². The predicted molar refractivity (Wildman–Crippen MR) is 65.9 cm³/mol. The van der Waals surface area contributed by atoms with E-state index >= 15 is 0 Å². The molecule has 1 N–H and O–H groups in total. The summed E-state index contributed by atoms with van der Waals surface area (Å²) in [5, 5.41) is 11.9. The summed E-state index contributed by atoms with van der Waals surface area (Å²) in [6.07, 6.45) is 3.54. The number of methoxy groups -OCH3 is 1. The van der Waals surface area contributed by atoms with Crippen LogP contribution in [0.15, 0.2) is 0 Å². The van der Waals surface area contributed by atoms with Gasteiger partial charge in [0.25, 0.3) is 0 Å². The molecule has 0 atom stereocenters. The number of aromatic nitrogens is 3. The molecular weight excluding hydrogens is 216 g/mol. The molecule has 0 aliphatic carbocycles. The zero-order valence-electron chi connectivity index (χ0n) is 10.8. The van der Waals surface area contributed by atoms with Crippen molar-refractivity contribution < 1.29 is 4.74 Å². The predicted octanol–water partition coefficient (Wildman–Crippen LogP) is 0.775. The van der Waals surface area contributed by atoms with Crippen LogP contribution in [0.1, 0.15) is 24.5 Å². The maximum Gasteiger partial charge on any atom is 0.133 e. The Balaban J connectivity index is 1.98. The van der Waals surface area contributed by atoms with Gasteiger partial charge in [0.2, 0.25) is 0 Å². The third kappa shape index (κ3) is 3.26. The number of hydrogen-bond donors (Lipinski definition) is 1.